The van der Waals surface area contributed by atoms with Crippen molar-refractivity contribution in [2.45, 2.75) is 52.9 Å². The minimum absolute atomic E-state index is 0.0243. The fraction of sp³-hybridized carbons (Fsp3) is 0.500. The molecule has 3 rings (SSSR count). The number of rotatable bonds is 4. The number of hydrogen-bond donors (Lipinski definition) is 2. The Morgan fingerprint density at radius 3 is 2.75 bits per heavy atom. The first kappa shape index (κ1) is 19.6. The molecule has 0 radical (unpaired) electrons. The van der Waals surface area contributed by atoms with Gasteiger partial charge in [-0.2, -0.15) is 4.98 Å². The molecule has 0 aliphatic carbocycles. The van der Waals surface area contributed by atoms with Crippen LogP contribution in [0.3, 0.4) is 0 Å². The van der Waals surface area contributed by atoms with Crippen LogP contribution in [0.25, 0.3) is 11.2 Å². The highest BCUT2D eigenvalue weighted by Gasteiger charge is 2.30. The fourth-order valence-electron chi connectivity index (χ4n) is 2.54. The van der Waals surface area contributed by atoms with Crippen LogP contribution < -0.4 is 10.9 Å². The number of carbonyl (C=O) groups is 2. The average molecular weight is 389 g/mol. The summed E-state index contributed by atoms with van der Waals surface area (Å²) < 4.78 is 12.5. The largest absolute Gasteiger partial charge is 0.462 e. The van der Waals surface area contributed by atoms with Gasteiger partial charge in [0, 0.05) is 12.3 Å². The minimum Gasteiger partial charge on any atom is -0.462 e. The molecule has 1 atom stereocenters. The van der Waals surface area contributed by atoms with Gasteiger partial charge in [0.15, 0.2) is 17.4 Å². The molecule has 0 spiro atoms. The molecule has 1 aliphatic heterocycles. The summed E-state index contributed by atoms with van der Waals surface area (Å²) in [4.78, 5) is 47.2. The van der Waals surface area contributed by atoms with Crippen LogP contribution in [0, 0.1) is 5.92 Å². The first-order valence-corrected chi connectivity index (χ1v) is 8.93. The standard InChI is InChI=1S/C18H23N5O5/c1-9(2)14(24)21-17-20-13-12(15(25)22-17)19-8-23(13)11-7-6-10(27-11)16(26)28-18(3,4)5/h6,8-9,11H,7H2,1-5H3,(H2,20,21,22,24,25). The van der Waals surface area contributed by atoms with Crippen LogP contribution >= 0.6 is 0 Å². The lowest BCUT2D eigenvalue weighted by Crippen LogP contribution is -2.25. The number of H-pyrrole nitrogens is 1. The molecule has 150 valence electrons. The molecule has 0 saturated carbocycles. The summed E-state index contributed by atoms with van der Waals surface area (Å²) >= 11 is 0. The molecule has 2 N–H and O–H groups in total. The smallest absolute Gasteiger partial charge is 0.373 e. The monoisotopic (exact) mass is 389 g/mol. The first-order chi connectivity index (χ1) is 13.0. The summed E-state index contributed by atoms with van der Waals surface area (Å²) in [5.41, 5.74) is -0.774. The summed E-state index contributed by atoms with van der Waals surface area (Å²) in [7, 11) is 0. The van der Waals surface area contributed by atoms with E-state index in [0.29, 0.717) is 6.42 Å². The van der Waals surface area contributed by atoms with Gasteiger partial charge in [-0.3, -0.25) is 24.5 Å². The van der Waals surface area contributed by atoms with Crippen molar-refractivity contribution < 1.29 is 19.1 Å². The molecule has 10 nitrogen and oxygen atoms in total. The van der Waals surface area contributed by atoms with E-state index in [4.69, 9.17) is 9.47 Å². The molecule has 1 aliphatic rings. The molecular weight excluding hydrogens is 366 g/mol. The maximum Gasteiger partial charge on any atom is 0.373 e. The van der Waals surface area contributed by atoms with E-state index in [2.05, 4.69) is 20.3 Å². The van der Waals surface area contributed by atoms with Crippen molar-refractivity contribution in [1.82, 2.24) is 19.5 Å². The number of nitrogens with one attached hydrogen (secondary N) is 2. The summed E-state index contributed by atoms with van der Waals surface area (Å²) in [5, 5.41) is 2.56. The molecule has 28 heavy (non-hydrogen) atoms. The van der Waals surface area contributed by atoms with Crippen LogP contribution in [0.1, 0.15) is 47.3 Å². The highest BCUT2D eigenvalue weighted by molar-refractivity contribution is 5.91. The van der Waals surface area contributed by atoms with Crippen LogP contribution in [-0.2, 0) is 19.1 Å². The van der Waals surface area contributed by atoms with E-state index in [1.54, 1.807) is 45.3 Å². The fourth-order valence-corrected chi connectivity index (χ4v) is 2.54. The van der Waals surface area contributed by atoms with Crippen molar-refractivity contribution in [3.05, 3.63) is 28.5 Å². The molecule has 0 bridgehead atoms. The Labute approximate surface area is 161 Å². The predicted octanol–water partition coefficient (Wildman–Crippen LogP) is 1.86. The Balaban J connectivity index is 1.85. The third-order valence-corrected chi connectivity index (χ3v) is 3.88. The lowest BCUT2D eigenvalue weighted by Gasteiger charge is -2.20. The normalized spacial score (nSPS) is 16.8. The van der Waals surface area contributed by atoms with Crippen molar-refractivity contribution in [2.75, 3.05) is 5.32 Å². The van der Waals surface area contributed by atoms with E-state index in [0.717, 1.165) is 0 Å². The number of aromatic nitrogens is 4. The van der Waals surface area contributed by atoms with Crippen LogP contribution in [0.4, 0.5) is 5.95 Å². The molecule has 2 aromatic heterocycles. The number of anilines is 1. The van der Waals surface area contributed by atoms with Gasteiger partial charge in [0.05, 0.1) is 0 Å². The van der Waals surface area contributed by atoms with Crippen molar-refractivity contribution in [1.29, 1.82) is 0 Å². The van der Waals surface area contributed by atoms with E-state index in [1.807, 2.05) is 0 Å². The number of carbonyl (C=O) groups excluding carboxylic acids is 2. The first-order valence-electron chi connectivity index (χ1n) is 8.93. The minimum atomic E-state index is -0.639. The number of nitrogens with zero attached hydrogens (tertiary/aromatic N) is 3. The van der Waals surface area contributed by atoms with Crippen molar-refractivity contribution >= 4 is 29.0 Å². The Morgan fingerprint density at radius 2 is 2.11 bits per heavy atom. The molecule has 0 fully saturated rings. The van der Waals surface area contributed by atoms with Gasteiger partial charge >= 0.3 is 5.97 Å². The number of aromatic amines is 1. The number of hydrogen-bond acceptors (Lipinski definition) is 7. The molecule has 1 amide bonds. The maximum atomic E-state index is 12.3. The van der Waals surface area contributed by atoms with Crippen molar-refractivity contribution in [3.8, 4) is 0 Å². The topological polar surface area (TPSA) is 128 Å². The van der Waals surface area contributed by atoms with Gasteiger partial charge in [0.25, 0.3) is 5.56 Å². The van der Waals surface area contributed by atoms with Crippen molar-refractivity contribution in [3.63, 3.8) is 0 Å². The third kappa shape index (κ3) is 4.05. The molecule has 0 saturated heterocycles. The summed E-state index contributed by atoms with van der Waals surface area (Å²) in [6, 6.07) is 0. The van der Waals surface area contributed by atoms with E-state index in [9.17, 15) is 14.4 Å². The van der Waals surface area contributed by atoms with Gasteiger partial charge in [0.2, 0.25) is 17.6 Å². The highest BCUT2D eigenvalue weighted by Crippen LogP contribution is 2.29. The van der Waals surface area contributed by atoms with Gasteiger partial charge in [-0.05, 0) is 26.8 Å². The molecule has 0 aromatic carbocycles. The van der Waals surface area contributed by atoms with Gasteiger partial charge in [-0.15, -0.1) is 0 Å². The second kappa shape index (κ2) is 7.10. The molecule has 10 heteroatoms. The van der Waals surface area contributed by atoms with Crippen LogP contribution in [-0.4, -0.2) is 37.0 Å². The molecular formula is C18H23N5O5. The van der Waals surface area contributed by atoms with E-state index >= 15 is 0 Å². The average Bonchev–Trinajstić information content (AvgIpc) is 3.19. The highest BCUT2D eigenvalue weighted by atomic mass is 16.6. The quantitative estimate of drug-likeness (QED) is 0.764. The van der Waals surface area contributed by atoms with Gasteiger partial charge in [0.1, 0.15) is 11.9 Å². The van der Waals surface area contributed by atoms with Gasteiger partial charge in [-0.1, -0.05) is 13.8 Å². The Bertz CT molecular complexity index is 1010. The summed E-state index contributed by atoms with van der Waals surface area (Å²) in [5.74, 6) is -0.990. The van der Waals surface area contributed by atoms with E-state index in [1.165, 1.54) is 6.33 Å². The molecule has 3 heterocycles. The second-order valence-electron chi connectivity index (χ2n) is 7.76. The molecule has 2 aromatic rings. The zero-order valence-electron chi connectivity index (χ0n) is 16.4. The van der Waals surface area contributed by atoms with Gasteiger partial charge < -0.3 is 9.47 Å². The Morgan fingerprint density at radius 1 is 1.39 bits per heavy atom. The zero-order valence-corrected chi connectivity index (χ0v) is 16.4. The zero-order chi connectivity index (χ0) is 20.6. The summed E-state index contributed by atoms with van der Waals surface area (Å²) in [6.07, 6.45) is 2.81. The summed E-state index contributed by atoms with van der Waals surface area (Å²) in [6.45, 7) is 8.76. The maximum absolute atomic E-state index is 12.3. The molecule has 1 unspecified atom stereocenters. The number of imidazole rings is 1. The van der Waals surface area contributed by atoms with Crippen LogP contribution in [0.5, 0.6) is 0 Å². The van der Waals surface area contributed by atoms with E-state index in [-0.39, 0.29) is 34.7 Å². The van der Waals surface area contributed by atoms with E-state index < -0.39 is 23.4 Å². The second-order valence-corrected chi connectivity index (χ2v) is 7.76. The lowest BCUT2D eigenvalue weighted by molar-refractivity contribution is -0.155. The van der Waals surface area contributed by atoms with Crippen LogP contribution in [0.15, 0.2) is 23.0 Å². The number of esters is 1. The number of fused-ring (bicyclic) bond motifs is 1. The van der Waals surface area contributed by atoms with Gasteiger partial charge in [-0.25, -0.2) is 9.78 Å². The third-order valence-electron chi connectivity index (χ3n) is 3.88. The van der Waals surface area contributed by atoms with Crippen molar-refractivity contribution in [2.24, 2.45) is 5.92 Å². The van der Waals surface area contributed by atoms with Crippen LogP contribution in [0.2, 0.25) is 0 Å². The number of ether oxygens (including phenoxy) is 2. The predicted molar refractivity (Wildman–Crippen MR) is 100 cm³/mol. The Kier molecular flexibility index (Phi) is 4.97. The SMILES string of the molecule is CC(C)C(=O)Nc1nc2c(ncn2C2CC=C(C(=O)OC(C)(C)C)O2)c(=O)[nH]1. The lowest BCUT2D eigenvalue weighted by atomic mass is 10.2. The number of amides is 1. The Hall–Kier alpha value is -3.17.